The Kier molecular flexibility index (Phi) is 3.22. The van der Waals surface area contributed by atoms with Crippen molar-refractivity contribution in [1.82, 2.24) is 0 Å². The molecule has 2 aromatic rings. The second-order valence-corrected chi connectivity index (χ2v) is 4.94. The van der Waals surface area contributed by atoms with Gasteiger partial charge in [0.15, 0.2) is 6.29 Å². The van der Waals surface area contributed by atoms with Crippen LogP contribution in [0.15, 0.2) is 42.5 Å². The second kappa shape index (κ2) is 5.18. The van der Waals surface area contributed by atoms with Crippen LogP contribution >= 0.6 is 0 Å². The van der Waals surface area contributed by atoms with Gasteiger partial charge in [-0.3, -0.25) is 4.79 Å². The summed E-state index contributed by atoms with van der Waals surface area (Å²) in [5.74, 6) is 0. The maximum absolute atomic E-state index is 11.2. The van der Waals surface area contributed by atoms with Crippen LogP contribution in [0.4, 0.5) is 5.69 Å². The monoisotopic (exact) mass is 262 g/mol. The molecule has 0 atom stereocenters. The molecule has 1 heterocycles. The maximum atomic E-state index is 11.2. The van der Waals surface area contributed by atoms with Crippen LogP contribution in [0.1, 0.15) is 27.0 Å². The van der Waals surface area contributed by atoms with E-state index in [2.05, 4.69) is 29.2 Å². The highest BCUT2D eigenvalue weighted by molar-refractivity contribution is 5.85. The highest BCUT2D eigenvalue weighted by Crippen LogP contribution is 2.27. The van der Waals surface area contributed by atoms with Gasteiger partial charge in [0.1, 0.15) is 0 Å². The summed E-state index contributed by atoms with van der Waals surface area (Å²) in [6.07, 6.45) is 1.82. The topological polar surface area (TPSA) is 44.1 Å². The Labute approximate surface area is 118 Å². The molecule has 0 N–H and O–H groups in total. The minimum absolute atomic E-state index is 0.587. The number of carbonyl (C=O) groups is 1. The van der Waals surface area contributed by atoms with Crippen molar-refractivity contribution < 1.29 is 4.79 Å². The quantitative estimate of drug-likeness (QED) is 0.782. The largest absolute Gasteiger partial charge is 0.366 e. The third-order valence-electron chi connectivity index (χ3n) is 3.76. The smallest absolute Gasteiger partial charge is 0.152 e. The highest BCUT2D eigenvalue weighted by atomic mass is 16.1. The number of carbonyl (C=O) groups excluding carboxylic acids is 1. The van der Waals surface area contributed by atoms with Crippen molar-refractivity contribution in [1.29, 1.82) is 5.26 Å². The van der Waals surface area contributed by atoms with Gasteiger partial charge < -0.3 is 4.90 Å². The minimum atomic E-state index is 0.587. The van der Waals surface area contributed by atoms with Crippen LogP contribution < -0.4 is 4.90 Å². The van der Waals surface area contributed by atoms with Gasteiger partial charge in [-0.05, 0) is 35.7 Å². The fourth-order valence-electron chi connectivity index (χ4n) is 2.69. The summed E-state index contributed by atoms with van der Waals surface area (Å²) in [5.41, 5.74) is 4.74. The van der Waals surface area contributed by atoms with Gasteiger partial charge in [0.2, 0.25) is 0 Å². The average Bonchev–Trinajstić information content (AvgIpc) is 2.53. The van der Waals surface area contributed by atoms with Crippen molar-refractivity contribution in [2.75, 3.05) is 11.4 Å². The molecule has 3 rings (SSSR count). The molecule has 0 aliphatic carbocycles. The summed E-state index contributed by atoms with van der Waals surface area (Å²) in [6.45, 7) is 1.65. The van der Waals surface area contributed by atoms with Crippen molar-refractivity contribution in [3.05, 3.63) is 64.7 Å². The molecular formula is C17H14N2O. The second-order valence-electron chi connectivity index (χ2n) is 4.94. The summed E-state index contributed by atoms with van der Waals surface area (Å²) in [6, 6.07) is 15.7. The standard InChI is InChI=1S/C17H14N2O/c18-10-13-5-6-16(12-20)17(9-13)19-8-7-14-3-1-2-4-15(14)11-19/h1-6,9,12H,7-8,11H2. The third kappa shape index (κ3) is 2.17. The van der Waals surface area contributed by atoms with Crippen molar-refractivity contribution >= 4 is 12.0 Å². The molecule has 0 radical (unpaired) electrons. The van der Waals surface area contributed by atoms with Gasteiger partial charge >= 0.3 is 0 Å². The number of nitrogens with zero attached hydrogens (tertiary/aromatic N) is 2. The lowest BCUT2D eigenvalue weighted by Crippen LogP contribution is -2.31. The lowest BCUT2D eigenvalue weighted by molar-refractivity contribution is 0.112. The molecule has 3 nitrogen and oxygen atoms in total. The number of rotatable bonds is 2. The Bertz CT molecular complexity index is 700. The molecule has 0 fully saturated rings. The zero-order chi connectivity index (χ0) is 13.9. The molecule has 0 spiro atoms. The SMILES string of the molecule is N#Cc1ccc(C=O)c(N2CCc3ccccc3C2)c1. The van der Waals surface area contributed by atoms with E-state index >= 15 is 0 Å². The summed E-state index contributed by atoms with van der Waals surface area (Å²) in [4.78, 5) is 13.4. The van der Waals surface area contributed by atoms with E-state index < -0.39 is 0 Å². The van der Waals surface area contributed by atoms with E-state index in [9.17, 15) is 4.79 Å². The van der Waals surface area contributed by atoms with E-state index in [0.717, 1.165) is 31.5 Å². The number of hydrogen-bond donors (Lipinski definition) is 0. The van der Waals surface area contributed by atoms with E-state index in [-0.39, 0.29) is 0 Å². The zero-order valence-electron chi connectivity index (χ0n) is 11.0. The van der Waals surface area contributed by atoms with Crippen LogP contribution in [0.5, 0.6) is 0 Å². The lowest BCUT2D eigenvalue weighted by Gasteiger charge is -2.31. The first-order valence-corrected chi connectivity index (χ1v) is 6.63. The van der Waals surface area contributed by atoms with Gasteiger partial charge in [-0.25, -0.2) is 0 Å². The number of anilines is 1. The molecule has 1 aliphatic rings. The van der Waals surface area contributed by atoms with Crippen LogP contribution in [0.3, 0.4) is 0 Å². The van der Waals surface area contributed by atoms with E-state index in [0.29, 0.717) is 11.1 Å². The molecule has 0 amide bonds. The van der Waals surface area contributed by atoms with Gasteiger partial charge in [-0.1, -0.05) is 24.3 Å². The molecule has 3 heteroatoms. The molecule has 0 saturated carbocycles. The van der Waals surface area contributed by atoms with E-state index in [1.54, 1.807) is 18.2 Å². The number of aldehydes is 1. The fraction of sp³-hybridized carbons (Fsp3) is 0.176. The zero-order valence-corrected chi connectivity index (χ0v) is 11.0. The van der Waals surface area contributed by atoms with Crippen molar-refractivity contribution in [3.8, 4) is 6.07 Å². The molecule has 2 aromatic carbocycles. The summed E-state index contributed by atoms with van der Waals surface area (Å²) in [5, 5.41) is 9.02. The summed E-state index contributed by atoms with van der Waals surface area (Å²) < 4.78 is 0. The van der Waals surface area contributed by atoms with Crippen molar-refractivity contribution in [2.45, 2.75) is 13.0 Å². The first-order valence-electron chi connectivity index (χ1n) is 6.63. The summed E-state index contributed by atoms with van der Waals surface area (Å²) >= 11 is 0. The van der Waals surface area contributed by atoms with E-state index in [1.165, 1.54) is 11.1 Å². The predicted octanol–water partition coefficient (Wildman–Crippen LogP) is 2.93. The molecule has 0 unspecified atom stereocenters. The first kappa shape index (κ1) is 12.4. The van der Waals surface area contributed by atoms with Gasteiger partial charge in [0.05, 0.1) is 11.6 Å². The third-order valence-corrected chi connectivity index (χ3v) is 3.76. The number of fused-ring (bicyclic) bond motifs is 1. The molecule has 0 bridgehead atoms. The first-order chi connectivity index (χ1) is 9.81. The van der Waals surface area contributed by atoms with Crippen molar-refractivity contribution in [3.63, 3.8) is 0 Å². The van der Waals surface area contributed by atoms with Gasteiger partial charge in [0, 0.05) is 24.3 Å². The Morgan fingerprint density at radius 3 is 2.70 bits per heavy atom. The predicted molar refractivity (Wildman–Crippen MR) is 77.7 cm³/mol. The number of nitriles is 1. The molecule has 0 aromatic heterocycles. The van der Waals surface area contributed by atoms with Gasteiger partial charge in [0.25, 0.3) is 0 Å². The van der Waals surface area contributed by atoms with E-state index in [4.69, 9.17) is 5.26 Å². The maximum Gasteiger partial charge on any atom is 0.152 e. The van der Waals surface area contributed by atoms with Gasteiger partial charge in [-0.15, -0.1) is 0 Å². The fourth-order valence-corrected chi connectivity index (χ4v) is 2.69. The van der Waals surface area contributed by atoms with Gasteiger partial charge in [-0.2, -0.15) is 5.26 Å². The Morgan fingerprint density at radius 1 is 1.15 bits per heavy atom. The molecule has 1 aliphatic heterocycles. The van der Waals surface area contributed by atoms with Crippen molar-refractivity contribution in [2.24, 2.45) is 0 Å². The molecule has 20 heavy (non-hydrogen) atoms. The number of benzene rings is 2. The Morgan fingerprint density at radius 2 is 1.95 bits per heavy atom. The summed E-state index contributed by atoms with van der Waals surface area (Å²) in [7, 11) is 0. The molecule has 98 valence electrons. The van der Waals surface area contributed by atoms with Crippen LogP contribution in [-0.4, -0.2) is 12.8 Å². The molecule has 0 saturated heterocycles. The van der Waals surface area contributed by atoms with Crippen LogP contribution in [-0.2, 0) is 13.0 Å². The van der Waals surface area contributed by atoms with Crippen LogP contribution in [0, 0.1) is 11.3 Å². The lowest BCUT2D eigenvalue weighted by atomic mass is 9.98. The normalized spacial score (nSPS) is 13.4. The van der Waals surface area contributed by atoms with Crippen LogP contribution in [0.2, 0.25) is 0 Å². The Balaban J connectivity index is 1.99. The highest BCUT2D eigenvalue weighted by Gasteiger charge is 2.18. The van der Waals surface area contributed by atoms with Crippen LogP contribution in [0.25, 0.3) is 0 Å². The number of hydrogen-bond acceptors (Lipinski definition) is 3. The minimum Gasteiger partial charge on any atom is -0.366 e. The molecular weight excluding hydrogens is 248 g/mol. The van der Waals surface area contributed by atoms with E-state index in [1.807, 2.05) is 6.07 Å². The Hall–Kier alpha value is -2.60. The average molecular weight is 262 g/mol.